The monoisotopic (exact) mass is 466 g/mol. The van der Waals surface area contributed by atoms with Crippen LogP contribution in [0.25, 0.3) is 10.9 Å². The molecule has 5 rings (SSSR count). The van der Waals surface area contributed by atoms with E-state index in [0.717, 1.165) is 61.2 Å². The Morgan fingerprint density at radius 3 is 2.46 bits per heavy atom. The van der Waals surface area contributed by atoms with Crippen LogP contribution in [0.4, 0.5) is 5.69 Å². The summed E-state index contributed by atoms with van der Waals surface area (Å²) in [7, 11) is 2.17. The molecule has 3 aromatic carbocycles. The van der Waals surface area contributed by atoms with Crippen molar-refractivity contribution in [2.24, 2.45) is 0 Å². The van der Waals surface area contributed by atoms with Gasteiger partial charge in [0.15, 0.2) is 5.78 Å². The molecule has 1 fully saturated rings. The number of carbonyl (C=O) groups is 1. The van der Waals surface area contributed by atoms with E-state index in [4.69, 9.17) is 0 Å². The molecule has 2 N–H and O–H groups in total. The van der Waals surface area contributed by atoms with E-state index in [1.165, 1.54) is 16.8 Å². The number of hydrogen-bond donors (Lipinski definition) is 2. The van der Waals surface area contributed by atoms with E-state index in [1.54, 1.807) is 0 Å². The first-order valence-corrected chi connectivity index (χ1v) is 12.5. The average Bonchev–Trinajstić information content (AvgIpc) is 3.32. The van der Waals surface area contributed by atoms with Crippen LogP contribution < -0.4 is 10.2 Å². The minimum Gasteiger partial charge on any atom is -0.369 e. The van der Waals surface area contributed by atoms with Crippen molar-refractivity contribution >= 4 is 22.4 Å². The van der Waals surface area contributed by atoms with E-state index in [1.807, 2.05) is 36.5 Å². The Balaban J connectivity index is 1.36. The Kier molecular flexibility index (Phi) is 6.98. The van der Waals surface area contributed by atoms with Gasteiger partial charge in [0.25, 0.3) is 0 Å². The second kappa shape index (κ2) is 10.5. The summed E-state index contributed by atoms with van der Waals surface area (Å²) in [5, 5.41) is 4.52. The van der Waals surface area contributed by atoms with Gasteiger partial charge in [-0.2, -0.15) is 0 Å². The third kappa shape index (κ3) is 5.31. The van der Waals surface area contributed by atoms with E-state index in [-0.39, 0.29) is 5.78 Å². The summed E-state index contributed by atoms with van der Waals surface area (Å²) in [5.74, 6) is 0.0960. The first kappa shape index (κ1) is 23.3. The highest BCUT2D eigenvalue weighted by molar-refractivity contribution is 6.11. The largest absolute Gasteiger partial charge is 0.369 e. The van der Waals surface area contributed by atoms with Gasteiger partial charge in [-0.05, 0) is 43.7 Å². The second-order valence-electron chi connectivity index (χ2n) is 9.62. The number of Topliss-reactive ketones (excluding diaryl/α,β-unsaturated/α-hetero) is 1. The minimum absolute atomic E-state index is 0.0960. The maximum Gasteiger partial charge on any atom is 0.186 e. The smallest absolute Gasteiger partial charge is 0.186 e. The van der Waals surface area contributed by atoms with E-state index in [2.05, 4.69) is 76.5 Å². The molecule has 0 spiro atoms. The van der Waals surface area contributed by atoms with Crippen LogP contribution in [0, 0.1) is 6.92 Å². The number of hydrogen-bond acceptors (Lipinski definition) is 4. The Morgan fingerprint density at radius 2 is 1.71 bits per heavy atom. The zero-order chi connectivity index (χ0) is 24.2. The highest BCUT2D eigenvalue weighted by Gasteiger charge is 2.24. The molecule has 1 aliphatic heterocycles. The number of fused-ring (bicyclic) bond motifs is 1. The third-order valence-corrected chi connectivity index (χ3v) is 7.08. The predicted octanol–water partition coefficient (Wildman–Crippen LogP) is 4.98. The second-order valence-corrected chi connectivity index (χ2v) is 9.62. The normalized spacial score (nSPS) is 15.4. The lowest BCUT2D eigenvalue weighted by molar-refractivity contribution is 0.0945. The lowest BCUT2D eigenvalue weighted by atomic mass is 9.96. The van der Waals surface area contributed by atoms with Crippen LogP contribution in [-0.2, 0) is 6.42 Å². The predicted molar refractivity (Wildman–Crippen MR) is 144 cm³/mol. The van der Waals surface area contributed by atoms with Gasteiger partial charge in [0, 0.05) is 61.1 Å². The molecule has 4 aromatic rings. The zero-order valence-corrected chi connectivity index (χ0v) is 20.6. The number of aromatic nitrogens is 1. The number of anilines is 1. The van der Waals surface area contributed by atoms with Crippen molar-refractivity contribution < 1.29 is 4.79 Å². The molecule has 5 nitrogen and oxygen atoms in total. The highest BCUT2D eigenvalue weighted by Crippen LogP contribution is 2.28. The quantitative estimate of drug-likeness (QED) is 0.360. The van der Waals surface area contributed by atoms with Crippen LogP contribution in [-0.4, -0.2) is 55.4 Å². The van der Waals surface area contributed by atoms with Crippen LogP contribution in [0.2, 0.25) is 0 Å². The lowest BCUT2D eigenvalue weighted by Crippen LogP contribution is -2.44. The number of nitrogens with zero attached hydrogens (tertiary/aromatic N) is 2. The van der Waals surface area contributed by atoms with Crippen molar-refractivity contribution in [3.05, 3.63) is 101 Å². The molecule has 5 heteroatoms. The van der Waals surface area contributed by atoms with E-state index in [9.17, 15) is 4.79 Å². The summed E-state index contributed by atoms with van der Waals surface area (Å²) >= 11 is 0. The van der Waals surface area contributed by atoms with Gasteiger partial charge in [-0.3, -0.25) is 4.79 Å². The number of aryl methyl sites for hydroxylation is 1. The molecule has 2 heterocycles. The van der Waals surface area contributed by atoms with Crippen molar-refractivity contribution in [2.45, 2.75) is 19.4 Å². The Bertz CT molecular complexity index is 1270. The van der Waals surface area contributed by atoms with Gasteiger partial charge in [0.05, 0.1) is 6.04 Å². The standard InChI is InChI=1S/C30H34N4O/c1-22-8-10-23(11-9-22)14-15-31-29(24-6-4-3-5-7-24)30(35)27-21-32-28-20-25(12-13-26(27)28)34-18-16-33(2)17-19-34/h3-13,20-21,29,31-32H,14-19H2,1-2H3/t29-/m0/s1. The van der Waals surface area contributed by atoms with Gasteiger partial charge in [0.1, 0.15) is 0 Å². The van der Waals surface area contributed by atoms with E-state index >= 15 is 0 Å². The van der Waals surface area contributed by atoms with Gasteiger partial charge in [-0.15, -0.1) is 0 Å². The first-order chi connectivity index (χ1) is 17.1. The number of benzene rings is 3. The fraction of sp³-hybridized carbons (Fsp3) is 0.300. The maximum absolute atomic E-state index is 13.8. The molecule has 35 heavy (non-hydrogen) atoms. The summed E-state index contributed by atoms with van der Waals surface area (Å²) in [4.78, 5) is 22.0. The fourth-order valence-electron chi connectivity index (χ4n) is 4.86. The molecule has 180 valence electrons. The number of ketones is 1. The van der Waals surface area contributed by atoms with Crippen LogP contribution in [0.3, 0.4) is 0 Å². The van der Waals surface area contributed by atoms with Crippen LogP contribution in [0.1, 0.15) is 33.1 Å². The summed E-state index contributed by atoms with van der Waals surface area (Å²) in [6, 6.07) is 24.7. The van der Waals surface area contributed by atoms with Crippen molar-refractivity contribution in [1.29, 1.82) is 0 Å². The van der Waals surface area contributed by atoms with Gasteiger partial charge in [-0.25, -0.2) is 0 Å². The highest BCUT2D eigenvalue weighted by atomic mass is 16.1. The average molecular weight is 467 g/mol. The summed E-state index contributed by atoms with van der Waals surface area (Å²) in [5.41, 5.74) is 6.48. The summed E-state index contributed by atoms with van der Waals surface area (Å²) in [6.07, 6.45) is 2.75. The van der Waals surface area contributed by atoms with Crippen molar-refractivity contribution in [3.8, 4) is 0 Å². The van der Waals surface area contributed by atoms with Gasteiger partial charge < -0.3 is 20.1 Å². The van der Waals surface area contributed by atoms with E-state index < -0.39 is 6.04 Å². The maximum atomic E-state index is 13.8. The van der Waals surface area contributed by atoms with E-state index in [0.29, 0.717) is 0 Å². The third-order valence-electron chi connectivity index (χ3n) is 7.08. The zero-order valence-electron chi connectivity index (χ0n) is 20.6. The minimum atomic E-state index is -0.391. The topological polar surface area (TPSA) is 51.4 Å². The molecule has 0 bridgehead atoms. The van der Waals surface area contributed by atoms with Crippen molar-refractivity contribution in [1.82, 2.24) is 15.2 Å². The SMILES string of the molecule is Cc1ccc(CCN[C@H](C(=O)c2c[nH]c3cc(N4CCN(C)CC4)ccc23)c2ccccc2)cc1. The Hall–Kier alpha value is -3.41. The summed E-state index contributed by atoms with van der Waals surface area (Å²) in [6.45, 7) is 7.01. The van der Waals surface area contributed by atoms with Crippen molar-refractivity contribution in [3.63, 3.8) is 0 Å². The Morgan fingerprint density at radius 1 is 0.971 bits per heavy atom. The van der Waals surface area contributed by atoms with Crippen LogP contribution in [0.5, 0.6) is 0 Å². The number of aromatic amines is 1. The fourth-order valence-corrected chi connectivity index (χ4v) is 4.86. The number of carbonyl (C=O) groups excluding carboxylic acids is 1. The van der Waals surface area contributed by atoms with Crippen LogP contribution in [0.15, 0.2) is 79.0 Å². The number of piperazine rings is 1. The molecule has 0 saturated carbocycles. The molecule has 1 aliphatic rings. The molecule has 1 saturated heterocycles. The number of nitrogens with one attached hydrogen (secondary N) is 2. The molecular formula is C30H34N4O. The molecule has 1 aromatic heterocycles. The van der Waals surface area contributed by atoms with Gasteiger partial charge in [0.2, 0.25) is 0 Å². The van der Waals surface area contributed by atoms with Gasteiger partial charge >= 0.3 is 0 Å². The lowest BCUT2D eigenvalue weighted by Gasteiger charge is -2.34. The molecule has 0 aliphatic carbocycles. The summed E-state index contributed by atoms with van der Waals surface area (Å²) < 4.78 is 0. The molecule has 0 radical (unpaired) electrons. The molecular weight excluding hydrogens is 432 g/mol. The van der Waals surface area contributed by atoms with Gasteiger partial charge in [-0.1, -0.05) is 66.2 Å². The van der Waals surface area contributed by atoms with Crippen molar-refractivity contribution in [2.75, 3.05) is 44.7 Å². The molecule has 0 amide bonds. The molecule has 0 unspecified atom stereocenters. The number of likely N-dealkylation sites (N-methyl/N-ethyl adjacent to an activating group) is 1. The molecule has 1 atom stereocenters. The first-order valence-electron chi connectivity index (χ1n) is 12.5. The Labute approximate surface area is 207 Å². The van der Waals surface area contributed by atoms with Crippen LogP contribution >= 0.6 is 0 Å². The number of rotatable bonds is 8. The number of H-pyrrole nitrogens is 1.